The Balaban J connectivity index is 1.69. The number of H-pyrrole nitrogens is 1. The second kappa shape index (κ2) is 5.94. The van der Waals surface area contributed by atoms with Gasteiger partial charge in [-0.2, -0.15) is 0 Å². The number of benzene rings is 2. The number of nitrogens with zero attached hydrogens (tertiary/aromatic N) is 2. The largest absolute Gasteiger partial charge is 0.465 e. The van der Waals surface area contributed by atoms with Gasteiger partial charge < -0.3 is 14.3 Å². The van der Waals surface area contributed by atoms with Gasteiger partial charge in [-0.25, -0.2) is 14.2 Å². The third-order valence-electron chi connectivity index (χ3n) is 5.16. The molecule has 136 valence electrons. The number of aromatic amines is 1. The van der Waals surface area contributed by atoms with Crippen molar-refractivity contribution in [2.75, 3.05) is 7.11 Å². The van der Waals surface area contributed by atoms with Crippen molar-refractivity contribution in [3.8, 4) is 11.5 Å². The number of hydrogen-bond donors (Lipinski definition) is 1. The minimum atomic E-state index is -0.580. The number of imidazole rings is 1. The van der Waals surface area contributed by atoms with E-state index in [1.165, 1.54) is 26.0 Å². The van der Waals surface area contributed by atoms with Crippen LogP contribution in [0.2, 0.25) is 0 Å². The summed E-state index contributed by atoms with van der Waals surface area (Å²) in [6, 6.07) is 13.0. The van der Waals surface area contributed by atoms with Crippen LogP contribution < -0.4 is 0 Å². The van der Waals surface area contributed by atoms with Crippen LogP contribution >= 0.6 is 0 Å². The Labute approximate surface area is 154 Å². The highest BCUT2D eigenvalue weighted by Gasteiger charge is 2.25. The molecule has 0 radical (unpaired) electrons. The first-order valence-corrected chi connectivity index (χ1v) is 9.00. The third kappa shape index (κ3) is 2.68. The Bertz CT molecular complexity index is 1190. The fourth-order valence-electron chi connectivity index (χ4n) is 3.59. The summed E-state index contributed by atoms with van der Waals surface area (Å²) < 4.78 is 21.5. The first kappa shape index (κ1) is 16.1. The number of hydrogen-bond acceptors (Lipinski definition) is 3. The Morgan fingerprint density at radius 2 is 2.11 bits per heavy atom. The van der Waals surface area contributed by atoms with E-state index in [0.717, 1.165) is 23.1 Å². The van der Waals surface area contributed by atoms with Gasteiger partial charge in [0.15, 0.2) is 5.82 Å². The van der Waals surface area contributed by atoms with Gasteiger partial charge in [-0.05, 0) is 43.0 Å². The molecule has 2 heterocycles. The molecule has 2 aromatic heterocycles. The molecule has 1 N–H and O–H groups in total. The average Bonchev–Trinajstić information content (AvgIpc) is 3.27. The van der Waals surface area contributed by atoms with Gasteiger partial charge in [0.2, 0.25) is 0 Å². The molecular weight excluding hydrogens is 345 g/mol. The number of nitrogens with one attached hydrogen (secondary N) is 1. The number of para-hydroxylation sites is 1. The number of halogens is 1. The van der Waals surface area contributed by atoms with Gasteiger partial charge in [0.1, 0.15) is 11.3 Å². The molecule has 27 heavy (non-hydrogen) atoms. The summed E-state index contributed by atoms with van der Waals surface area (Å²) in [7, 11) is 1.27. The molecule has 1 fully saturated rings. The van der Waals surface area contributed by atoms with Gasteiger partial charge in [-0.3, -0.25) is 0 Å². The molecule has 6 heteroatoms. The molecular formula is C21H18FN3O2. The molecule has 1 aliphatic rings. The molecule has 5 rings (SSSR count). The first-order valence-electron chi connectivity index (χ1n) is 9.00. The third-order valence-corrected chi connectivity index (χ3v) is 5.16. The number of fused-ring (bicyclic) bond motifs is 2. The van der Waals surface area contributed by atoms with Crippen molar-refractivity contribution < 1.29 is 13.9 Å². The van der Waals surface area contributed by atoms with Gasteiger partial charge >= 0.3 is 5.97 Å². The van der Waals surface area contributed by atoms with E-state index in [1.54, 1.807) is 6.07 Å². The Kier molecular flexibility index (Phi) is 3.53. The van der Waals surface area contributed by atoms with Crippen LogP contribution in [-0.2, 0) is 11.3 Å². The maximum Gasteiger partial charge on any atom is 0.338 e. The quantitative estimate of drug-likeness (QED) is 0.542. The molecule has 2 aromatic carbocycles. The number of carbonyl (C=O) groups excluding carboxylic acids is 1. The van der Waals surface area contributed by atoms with Crippen LogP contribution in [-0.4, -0.2) is 27.6 Å². The fourth-order valence-corrected chi connectivity index (χ4v) is 3.59. The van der Waals surface area contributed by atoms with Crippen molar-refractivity contribution in [2.45, 2.75) is 19.4 Å². The van der Waals surface area contributed by atoms with Crippen molar-refractivity contribution in [1.82, 2.24) is 14.5 Å². The van der Waals surface area contributed by atoms with E-state index < -0.39 is 11.8 Å². The van der Waals surface area contributed by atoms with E-state index in [9.17, 15) is 9.18 Å². The molecule has 1 saturated carbocycles. The predicted octanol–water partition coefficient (Wildman–Crippen LogP) is 4.52. The first-order chi connectivity index (χ1) is 13.1. The van der Waals surface area contributed by atoms with Gasteiger partial charge in [0, 0.05) is 17.4 Å². The molecule has 1 aliphatic carbocycles. The van der Waals surface area contributed by atoms with Crippen molar-refractivity contribution >= 4 is 27.9 Å². The van der Waals surface area contributed by atoms with E-state index in [4.69, 9.17) is 4.74 Å². The lowest BCUT2D eigenvalue weighted by molar-refractivity contribution is 0.0600. The van der Waals surface area contributed by atoms with Crippen LogP contribution in [0.15, 0.2) is 42.5 Å². The lowest BCUT2D eigenvalue weighted by atomic mass is 10.2. The number of methoxy groups -OCH3 is 1. The molecule has 0 bridgehead atoms. The molecule has 0 atom stereocenters. The summed E-state index contributed by atoms with van der Waals surface area (Å²) in [4.78, 5) is 19.4. The van der Waals surface area contributed by atoms with Crippen molar-refractivity contribution in [3.05, 3.63) is 53.8 Å². The lowest BCUT2D eigenvalue weighted by Crippen LogP contribution is -2.02. The van der Waals surface area contributed by atoms with Crippen LogP contribution in [0.3, 0.4) is 0 Å². The molecule has 0 amide bonds. The Morgan fingerprint density at radius 1 is 1.30 bits per heavy atom. The van der Waals surface area contributed by atoms with Crippen molar-refractivity contribution in [2.24, 2.45) is 5.92 Å². The normalized spacial score (nSPS) is 14.1. The number of carbonyl (C=O) groups is 1. The van der Waals surface area contributed by atoms with Crippen LogP contribution in [0.1, 0.15) is 23.2 Å². The Hall–Kier alpha value is -3.15. The zero-order chi connectivity index (χ0) is 18.5. The van der Waals surface area contributed by atoms with E-state index in [0.29, 0.717) is 22.8 Å². The van der Waals surface area contributed by atoms with E-state index in [1.807, 2.05) is 12.1 Å². The van der Waals surface area contributed by atoms with Crippen LogP contribution in [0, 0.1) is 11.7 Å². The average molecular weight is 363 g/mol. The standard InChI is InChI=1S/C21H18FN3O2/c1-27-21(26)14-8-15(22)19-16(9-14)23-20(24-19)18-10-13-4-2-3-5-17(13)25(18)11-12-6-7-12/h2-5,8-10,12H,6-7,11H2,1H3,(H,23,24). The van der Waals surface area contributed by atoms with E-state index in [-0.39, 0.29) is 5.56 Å². The summed E-state index contributed by atoms with van der Waals surface area (Å²) in [6.07, 6.45) is 2.48. The minimum absolute atomic E-state index is 0.152. The zero-order valence-electron chi connectivity index (χ0n) is 14.8. The highest BCUT2D eigenvalue weighted by atomic mass is 19.1. The maximum absolute atomic E-state index is 14.5. The topological polar surface area (TPSA) is 59.9 Å². The highest BCUT2D eigenvalue weighted by molar-refractivity contribution is 5.95. The molecule has 5 nitrogen and oxygen atoms in total. The minimum Gasteiger partial charge on any atom is -0.465 e. The van der Waals surface area contributed by atoms with Gasteiger partial charge in [0.25, 0.3) is 0 Å². The van der Waals surface area contributed by atoms with Gasteiger partial charge in [-0.1, -0.05) is 18.2 Å². The molecule has 4 aromatic rings. The van der Waals surface area contributed by atoms with Crippen molar-refractivity contribution in [1.29, 1.82) is 0 Å². The van der Waals surface area contributed by atoms with Crippen LogP contribution in [0.25, 0.3) is 33.5 Å². The molecule has 0 aliphatic heterocycles. The van der Waals surface area contributed by atoms with Crippen LogP contribution in [0.4, 0.5) is 4.39 Å². The molecule has 0 unspecified atom stereocenters. The maximum atomic E-state index is 14.5. The second-order valence-corrected chi connectivity index (χ2v) is 7.07. The zero-order valence-corrected chi connectivity index (χ0v) is 14.8. The number of esters is 1. The summed E-state index contributed by atoms with van der Waals surface area (Å²) in [6.45, 7) is 0.926. The monoisotopic (exact) mass is 363 g/mol. The number of rotatable bonds is 4. The van der Waals surface area contributed by atoms with Crippen LogP contribution in [0.5, 0.6) is 0 Å². The van der Waals surface area contributed by atoms with Crippen molar-refractivity contribution in [3.63, 3.8) is 0 Å². The fraction of sp³-hybridized carbons (Fsp3) is 0.238. The smallest absolute Gasteiger partial charge is 0.338 e. The summed E-state index contributed by atoms with van der Waals surface area (Å²) in [5.41, 5.74) is 2.93. The predicted molar refractivity (Wildman–Crippen MR) is 101 cm³/mol. The summed E-state index contributed by atoms with van der Waals surface area (Å²) in [5, 5.41) is 1.13. The second-order valence-electron chi connectivity index (χ2n) is 7.07. The number of ether oxygens (including phenoxy) is 1. The van der Waals surface area contributed by atoms with E-state index in [2.05, 4.69) is 32.7 Å². The number of aromatic nitrogens is 3. The molecule has 0 spiro atoms. The van der Waals surface area contributed by atoms with E-state index >= 15 is 0 Å². The Morgan fingerprint density at radius 3 is 2.89 bits per heavy atom. The highest BCUT2D eigenvalue weighted by Crippen LogP contribution is 2.36. The molecule has 0 saturated heterocycles. The lowest BCUT2D eigenvalue weighted by Gasteiger charge is -2.08. The van der Waals surface area contributed by atoms with Gasteiger partial charge in [0.05, 0.1) is 23.9 Å². The van der Waals surface area contributed by atoms with Gasteiger partial charge in [-0.15, -0.1) is 0 Å². The summed E-state index contributed by atoms with van der Waals surface area (Å²) >= 11 is 0. The summed E-state index contributed by atoms with van der Waals surface area (Å²) in [5.74, 6) is 0.189. The SMILES string of the molecule is COC(=O)c1cc(F)c2[nH]c(-c3cc4ccccc4n3CC3CC3)nc2c1.